The summed E-state index contributed by atoms with van der Waals surface area (Å²) in [5.74, 6) is 0. The Morgan fingerprint density at radius 3 is 2.33 bits per heavy atom. The van der Waals surface area contributed by atoms with Crippen LogP contribution < -0.4 is 0 Å². The number of hydrogen-bond acceptors (Lipinski definition) is 3. The summed E-state index contributed by atoms with van der Waals surface area (Å²) in [6.07, 6.45) is 1.57. The molecule has 0 saturated carbocycles. The van der Waals surface area contributed by atoms with Crippen molar-refractivity contribution < 1.29 is 4.74 Å². The zero-order valence-corrected chi connectivity index (χ0v) is 10.3. The van der Waals surface area contributed by atoms with Crippen LogP contribution in [-0.4, -0.2) is 36.7 Å². The van der Waals surface area contributed by atoms with Crippen LogP contribution in [0.15, 0.2) is 0 Å². The van der Waals surface area contributed by atoms with E-state index in [1.165, 1.54) is 0 Å². The van der Waals surface area contributed by atoms with E-state index in [1.54, 1.807) is 0 Å². The van der Waals surface area contributed by atoms with Crippen molar-refractivity contribution in [1.29, 1.82) is 5.26 Å². The third-order valence-electron chi connectivity index (χ3n) is 2.85. The quantitative estimate of drug-likeness (QED) is 0.715. The van der Waals surface area contributed by atoms with Crippen molar-refractivity contribution in [3.05, 3.63) is 0 Å². The fraction of sp³-hybridized carbons (Fsp3) is 0.917. The third kappa shape index (κ3) is 4.19. The summed E-state index contributed by atoms with van der Waals surface area (Å²) < 4.78 is 5.67. The lowest BCUT2D eigenvalue weighted by Crippen LogP contribution is -2.46. The zero-order valence-electron chi connectivity index (χ0n) is 10.3. The molecule has 2 atom stereocenters. The van der Waals surface area contributed by atoms with Crippen molar-refractivity contribution in [2.45, 2.75) is 46.3 Å². The van der Waals surface area contributed by atoms with Crippen molar-refractivity contribution in [2.75, 3.05) is 19.6 Å². The standard InChI is InChI=1S/C12H22N2O/c1-10-7-14(8-11(2)15-10)6-5-12(3,4)9-13/h10-11H,5-8H2,1-4H3/t10-,11+. The Morgan fingerprint density at radius 1 is 1.33 bits per heavy atom. The molecule has 1 aliphatic rings. The summed E-state index contributed by atoms with van der Waals surface area (Å²) in [4.78, 5) is 2.40. The zero-order chi connectivity index (χ0) is 11.5. The second kappa shape index (κ2) is 4.96. The fourth-order valence-corrected chi connectivity index (χ4v) is 1.96. The Kier molecular flexibility index (Phi) is 4.12. The molecule has 3 nitrogen and oxygen atoms in total. The van der Waals surface area contributed by atoms with E-state index in [0.29, 0.717) is 12.2 Å². The maximum atomic E-state index is 8.93. The van der Waals surface area contributed by atoms with E-state index in [-0.39, 0.29) is 5.41 Å². The van der Waals surface area contributed by atoms with E-state index in [2.05, 4.69) is 24.8 Å². The summed E-state index contributed by atoms with van der Waals surface area (Å²) in [5, 5.41) is 8.93. The van der Waals surface area contributed by atoms with E-state index in [9.17, 15) is 0 Å². The molecule has 0 aromatic carbocycles. The van der Waals surface area contributed by atoms with E-state index >= 15 is 0 Å². The van der Waals surface area contributed by atoms with Gasteiger partial charge >= 0.3 is 0 Å². The minimum Gasteiger partial charge on any atom is -0.373 e. The van der Waals surface area contributed by atoms with Gasteiger partial charge in [0.1, 0.15) is 0 Å². The van der Waals surface area contributed by atoms with Gasteiger partial charge in [-0.05, 0) is 40.7 Å². The van der Waals surface area contributed by atoms with Gasteiger partial charge in [-0.15, -0.1) is 0 Å². The first-order valence-electron chi connectivity index (χ1n) is 5.72. The van der Waals surface area contributed by atoms with Crippen LogP contribution in [-0.2, 0) is 4.74 Å². The van der Waals surface area contributed by atoms with Gasteiger partial charge in [0.05, 0.1) is 23.7 Å². The van der Waals surface area contributed by atoms with Gasteiger partial charge in [-0.1, -0.05) is 0 Å². The molecule has 3 heteroatoms. The Hall–Kier alpha value is -0.590. The summed E-state index contributed by atoms with van der Waals surface area (Å²) in [6.45, 7) is 11.2. The van der Waals surface area contributed by atoms with E-state index in [4.69, 9.17) is 10.00 Å². The van der Waals surface area contributed by atoms with Crippen molar-refractivity contribution in [3.63, 3.8) is 0 Å². The van der Waals surface area contributed by atoms with Crippen LogP contribution in [0.1, 0.15) is 34.1 Å². The number of morpholine rings is 1. The second-order valence-corrected chi connectivity index (χ2v) is 5.26. The highest BCUT2D eigenvalue weighted by Crippen LogP contribution is 2.20. The van der Waals surface area contributed by atoms with Crippen LogP contribution in [0.4, 0.5) is 0 Å². The van der Waals surface area contributed by atoms with Crippen LogP contribution >= 0.6 is 0 Å². The molecule has 0 unspecified atom stereocenters. The molecule has 1 fully saturated rings. The molecule has 0 amide bonds. The molecule has 1 saturated heterocycles. The highest BCUT2D eigenvalue weighted by Gasteiger charge is 2.24. The largest absolute Gasteiger partial charge is 0.373 e. The van der Waals surface area contributed by atoms with Crippen molar-refractivity contribution in [2.24, 2.45) is 5.41 Å². The molecule has 0 radical (unpaired) electrons. The molecule has 15 heavy (non-hydrogen) atoms. The maximum Gasteiger partial charge on any atom is 0.0684 e. The molecule has 1 heterocycles. The summed E-state index contributed by atoms with van der Waals surface area (Å²) in [7, 11) is 0. The fourth-order valence-electron chi connectivity index (χ4n) is 1.96. The van der Waals surface area contributed by atoms with Crippen LogP contribution in [0, 0.1) is 16.7 Å². The van der Waals surface area contributed by atoms with Crippen LogP contribution in [0.25, 0.3) is 0 Å². The van der Waals surface area contributed by atoms with Crippen LogP contribution in [0.2, 0.25) is 0 Å². The van der Waals surface area contributed by atoms with Crippen molar-refractivity contribution >= 4 is 0 Å². The first-order chi connectivity index (χ1) is 6.93. The second-order valence-electron chi connectivity index (χ2n) is 5.26. The van der Waals surface area contributed by atoms with Gasteiger partial charge in [-0.2, -0.15) is 5.26 Å². The lowest BCUT2D eigenvalue weighted by atomic mass is 9.91. The van der Waals surface area contributed by atoms with Gasteiger partial charge in [0.25, 0.3) is 0 Å². The normalized spacial score (nSPS) is 28.7. The Bertz CT molecular complexity index is 234. The highest BCUT2D eigenvalue weighted by atomic mass is 16.5. The maximum absolute atomic E-state index is 8.93. The topological polar surface area (TPSA) is 36.3 Å². The lowest BCUT2D eigenvalue weighted by molar-refractivity contribution is -0.0693. The molecule has 1 aliphatic heterocycles. The first kappa shape index (κ1) is 12.5. The van der Waals surface area contributed by atoms with Crippen molar-refractivity contribution in [3.8, 4) is 6.07 Å². The van der Waals surface area contributed by atoms with E-state index in [0.717, 1.165) is 26.1 Å². The number of ether oxygens (including phenoxy) is 1. The average Bonchev–Trinajstić information content (AvgIpc) is 2.14. The Labute approximate surface area is 93.0 Å². The van der Waals surface area contributed by atoms with Gasteiger partial charge in [-0.3, -0.25) is 4.90 Å². The third-order valence-corrected chi connectivity index (χ3v) is 2.85. The highest BCUT2D eigenvalue weighted by molar-refractivity contribution is 4.92. The predicted molar refractivity (Wildman–Crippen MR) is 60.5 cm³/mol. The van der Waals surface area contributed by atoms with Crippen molar-refractivity contribution in [1.82, 2.24) is 4.90 Å². The molecule has 0 bridgehead atoms. The SMILES string of the molecule is C[C@@H]1CN(CCC(C)(C)C#N)C[C@H](C)O1. The molecule has 1 rings (SSSR count). The molecule has 0 N–H and O–H groups in total. The first-order valence-corrected chi connectivity index (χ1v) is 5.72. The van der Waals surface area contributed by atoms with Gasteiger partial charge < -0.3 is 4.74 Å². The van der Waals surface area contributed by atoms with Gasteiger partial charge in [0.2, 0.25) is 0 Å². The molecule has 86 valence electrons. The number of nitriles is 1. The molecular formula is C12H22N2O. The Morgan fingerprint density at radius 2 is 1.87 bits per heavy atom. The summed E-state index contributed by atoms with van der Waals surface area (Å²) >= 11 is 0. The molecule has 0 spiro atoms. The molecule has 0 aromatic heterocycles. The minimum atomic E-state index is -0.204. The number of hydrogen-bond donors (Lipinski definition) is 0. The Balaban J connectivity index is 2.36. The van der Waals surface area contributed by atoms with Crippen LogP contribution in [0.5, 0.6) is 0 Å². The molecule has 0 aliphatic carbocycles. The summed E-state index contributed by atoms with van der Waals surface area (Å²) in [5.41, 5.74) is -0.204. The van der Waals surface area contributed by atoms with E-state index < -0.39 is 0 Å². The van der Waals surface area contributed by atoms with Gasteiger partial charge in [0, 0.05) is 13.1 Å². The average molecular weight is 210 g/mol. The van der Waals surface area contributed by atoms with Crippen LogP contribution in [0.3, 0.4) is 0 Å². The van der Waals surface area contributed by atoms with E-state index in [1.807, 2.05) is 13.8 Å². The van der Waals surface area contributed by atoms with Gasteiger partial charge in [0.15, 0.2) is 0 Å². The predicted octanol–water partition coefficient (Wildman–Crippen LogP) is 2.04. The molecule has 0 aromatic rings. The lowest BCUT2D eigenvalue weighted by Gasteiger charge is -2.36. The molecular weight excluding hydrogens is 188 g/mol. The smallest absolute Gasteiger partial charge is 0.0684 e. The number of rotatable bonds is 3. The monoisotopic (exact) mass is 210 g/mol. The summed E-state index contributed by atoms with van der Waals surface area (Å²) in [6, 6.07) is 2.35. The number of nitrogens with zero attached hydrogens (tertiary/aromatic N) is 2. The van der Waals surface area contributed by atoms with Gasteiger partial charge in [-0.25, -0.2) is 0 Å². The minimum absolute atomic E-state index is 0.204.